The number of nitrogens with one attached hydrogen (secondary N) is 3. The molecule has 2 amide bonds. The number of hydrogen-bond acceptors (Lipinski definition) is 5. The van der Waals surface area contributed by atoms with Gasteiger partial charge in [0.15, 0.2) is 11.7 Å². The fourth-order valence-electron chi connectivity index (χ4n) is 3.02. The van der Waals surface area contributed by atoms with E-state index < -0.39 is 11.8 Å². The van der Waals surface area contributed by atoms with Crippen LogP contribution in [-0.4, -0.2) is 30.1 Å². The van der Waals surface area contributed by atoms with E-state index in [2.05, 4.69) is 23.1 Å². The van der Waals surface area contributed by atoms with Crippen LogP contribution in [0.1, 0.15) is 36.5 Å². The highest BCUT2D eigenvalue weighted by Gasteiger charge is 2.09. The van der Waals surface area contributed by atoms with Crippen molar-refractivity contribution in [3.8, 4) is 11.5 Å². The van der Waals surface area contributed by atoms with Gasteiger partial charge in [-0.15, -0.1) is 0 Å². The minimum absolute atomic E-state index is 0.0288. The first kappa shape index (κ1) is 24.0. The number of thiocarbonyl (C=S) groups is 1. The minimum atomic E-state index is -0.440. The monoisotopic (exact) mass is 465 g/mol. The summed E-state index contributed by atoms with van der Waals surface area (Å²) in [4.78, 5) is 24.3. The molecule has 3 aromatic rings. The molecule has 0 spiro atoms. The van der Waals surface area contributed by atoms with Crippen LogP contribution in [0.2, 0.25) is 0 Å². The molecule has 0 aliphatic carbocycles. The van der Waals surface area contributed by atoms with E-state index in [1.165, 1.54) is 0 Å². The molecule has 172 valence electrons. The van der Waals surface area contributed by atoms with Crippen LogP contribution >= 0.6 is 12.2 Å². The number of hydrogen-bond donors (Lipinski definition) is 3. The van der Waals surface area contributed by atoms with Gasteiger partial charge in [0.1, 0.15) is 11.5 Å². The highest BCUT2D eigenvalue weighted by Crippen LogP contribution is 2.20. The molecular weight excluding hydrogens is 438 g/mol. The molecule has 0 fully saturated rings. The molecule has 33 heavy (non-hydrogen) atoms. The number of unbranched alkanes of at least 4 members (excludes halogenated alkanes) is 2. The number of carbonyl (C=O) groups excluding carboxylic acids is 2. The molecule has 0 aliphatic rings. The summed E-state index contributed by atoms with van der Waals surface area (Å²) in [6, 6.07) is 20.3. The van der Waals surface area contributed by atoms with Crippen LogP contribution in [0.5, 0.6) is 11.5 Å². The van der Waals surface area contributed by atoms with E-state index in [1.54, 1.807) is 30.3 Å². The van der Waals surface area contributed by atoms with Crippen LogP contribution in [0, 0.1) is 0 Å². The maximum absolute atomic E-state index is 12.3. The van der Waals surface area contributed by atoms with Crippen molar-refractivity contribution in [1.29, 1.82) is 0 Å². The summed E-state index contributed by atoms with van der Waals surface area (Å²) in [6.07, 6.45) is 3.25. The fourth-order valence-corrected chi connectivity index (χ4v) is 3.16. The zero-order valence-electron chi connectivity index (χ0n) is 18.4. The van der Waals surface area contributed by atoms with Gasteiger partial charge in [-0.05, 0) is 65.8 Å². The number of benzene rings is 3. The van der Waals surface area contributed by atoms with E-state index in [-0.39, 0.29) is 11.7 Å². The van der Waals surface area contributed by atoms with Gasteiger partial charge in [0.2, 0.25) is 0 Å². The third-order valence-corrected chi connectivity index (χ3v) is 4.97. The van der Waals surface area contributed by atoms with E-state index in [4.69, 9.17) is 21.7 Å². The van der Waals surface area contributed by atoms with Gasteiger partial charge in [-0.1, -0.05) is 50.1 Å². The predicted octanol–water partition coefficient (Wildman–Crippen LogP) is 4.12. The Morgan fingerprint density at radius 3 is 2.33 bits per heavy atom. The Labute approximate surface area is 198 Å². The zero-order valence-corrected chi connectivity index (χ0v) is 19.2. The average Bonchev–Trinajstić information content (AvgIpc) is 2.84. The third-order valence-electron chi connectivity index (χ3n) is 4.77. The van der Waals surface area contributed by atoms with Crippen LogP contribution < -0.4 is 25.6 Å². The SMILES string of the molecule is CCCCCOc1ccc(C(=O)NC(=S)NNC(=O)COc2ccc3ccccc3c2)cc1. The predicted molar refractivity (Wildman–Crippen MR) is 132 cm³/mol. The van der Waals surface area contributed by atoms with Crippen molar-refractivity contribution >= 4 is 39.9 Å². The maximum atomic E-state index is 12.3. The topological polar surface area (TPSA) is 88.7 Å². The summed E-state index contributed by atoms with van der Waals surface area (Å²) in [5.41, 5.74) is 5.32. The molecule has 0 heterocycles. The van der Waals surface area contributed by atoms with E-state index in [1.807, 2.05) is 36.4 Å². The van der Waals surface area contributed by atoms with Crippen molar-refractivity contribution in [2.75, 3.05) is 13.2 Å². The number of fused-ring (bicyclic) bond motifs is 1. The normalized spacial score (nSPS) is 10.3. The molecule has 3 aromatic carbocycles. The van der Waals surface area contributed by atoms with Crippen LogP contribution in [0.3, 0.4) is 0 Å². The number of carbonyl (C=O) groups is 2. The lowest BCUT2D eigenvalue weighted by Gasteiger charge is -2.12. The lowest BCUT2D eigenvalue weighted by molar-refractivity contribution is -0.123. The second-order valence-electron chi connectivity index (χ2n) is 7.33. The first-order valence-electron chi connectivity index (χ1n) is 10.8. The van der Waals surface area contributed by atoms with E-state index in [0.717, 1.165) is 30.0 Å². The van der Waals surface area contributed by atoms with E-state index >= 15 is 0 Å². The lowest BCUT2D eigenvalue weighted by Crippen LogP contribution is -2.49. The van der Waals surface area contributed by atoms with Gasteiger partial charge in [0.05, 0.1) is 6.61 Å². The van der Waals surface area contributed by atoms with Crippen LogP contribution in [0.25, 0.3) is 10.8 Å². The molecule has 3 rings (SSSR count). The molecule has 0 aromatic heterocycles. The van der Waals surface area contributed by atoms with Gasteiger partial charge in [0.25, 0.3) is 11.8 Å². The molecule has 0 saturated heterocycles. The summed E-state index contributed by atoms with van der Waals surface area (Å²) in [5.74, 6) is 0.454. The molecule has 3 N–H and O–H groups in total. The molecule has 0 saturated carbocycles. The standard InChI is InChI=1S/C25H27N3O4S/c1-2-3-6-15-31-21-12-10-19(11-13-21)24(30)26-25(33)28-27-23(29)17-32-22-14-9-18-7-4-5-8-20(18)16-22/h4-5,7-14,16H,2-3,6,15,17H2,1H3,(H,27,29)(H2,26,28,30,33). The number of ether oxygens (including phenoxy) is 2. The van der Waals surface area contributed by atoms with Gasteiger partial charge in [-0.25, -0.2) is 0 Å². The summed E-state index contributed by atoms with van der Waals surface area (Å²) in [5, 5.41) is 4.59. The summed E-state index contributed by atoms with van der Waals surface area (Å²) in [6.45, 7) is 2.58. The van der Waals surface area contributed by atoms with Gasteiger partial charge in [0, 0.05) is 5.56 Å². The second kappa shape index (κ2) is 12.4. The number of hydrazine groups is 1. The summed E-state index contributed by atoms with van der Waals surface area (Å²) >= 11 is 5.06. The molecule has 0 aliphatic heterocycles. The zero-order chi connectivity index (χ0) is 23.5. The molecule has 0 bridgehead atoms. The van der Waals surface area contributed by atoms with Crippen LogP contribution in [-0.2, 0) is 4.79 Å². The molecule has 0 unspecified atom stereocenters. The average molecular weight is 466 g/mol. The van der Waals surface area contributed by atoms with E-state index in [0.29, 0.717) is 23.7 Å². The van der Waals surface area contributed by atoms with Gasteiger partial charge in [-0.3, -0.25) is 25.8 Å². The van der Waals surface area contributed by atoms with Crippen molar-refractivity contribution in [3.05, 3.63) is 72.3 Å². The quantitative estimate of drug-likeness (QED) is 0.250. The lowest BCUT2D eigenvalue weighted by atomic mass is 10.1. The molecule has 0 atom stereocenters. The van der Waals surface area contributed by atoms with Crippen LogP contribution in [0.15, 0.2) is 66.7 Å². The Bertz CT molecular complexity index is 1100. The summed E-state index contributed by atoms with van der Waals surface area (Å²) < 4.78 is 11.2. The molecule has 0 radical (unpaired) electrons. The molecule has 8 heteroatoms. The molecule has 7 nitrogen and oxygen atoms in total. The maximum Gasteiger partial charge on any atom is 0.276 e. The van der Waals surface area contributed by atoms with Gasteiger partial charge in [-0.2, -0.15) is 0 Å². The van der Waals surface area contributed by atoms with Gasteiger partial charge < -0.3 is 9.47 Å². The Balaban J connectivity index is 1.38. The van der Waals surface area contributed by atoms with Crippen molar-refractivity contribution in [1.82, 2.24) is 16.2 Å². The highest BCUT2D eigenvalue weighted by atomic mass is 32.1. The molecular formula is C25H27N3O4S. The van der Waals surface area contributed by atoms with Crippen molar-refractivity contribution in [2.24, 2.45) is 0 Å². The Morgan fingerprint density at radius 1 is 0.848 bits per heavy atom. The Morgan fingerprint density at radius 2 is 1.58 bits per heavy atom. The Kier molecular flexibility index (Phi) is 9.02. The smallest absolute Gasteiger partial charge is 0.276 e. The van der Waals surface area contributed by atoms with Crippen molar-refractivity contribution in [2.45, 2.75) is 26.2 Å². The summed E-state index contributed by atoms with van der Waals surface area (Å²) in [7, 11) is 0. The van der Waals surface area contributed by atoms with Gasteiger partial charge >= 0.3 is 0 Å². The van der Waals surface area contributed by atoms with Crippen LogP contribution in [0.4, 0.5) is 0 Å². The minimum Gasteiger partial charge on any atom is -0.494 e. The number of amides is 2. The number of rotatable bonds is 9. The van der Waals surface area contributed by atoms with Crippen molar-refractivity contribution in [3.63, 3.8) is 0 Å². The highest BCUT2D eigenvalue weighted by molar-refractivity contribution is 7.80. The second-order valence-corrected chi connectivity index (χ2v) is 7.74. The first-order valence-corrected chi connectivity index (χ1v) is 11.2. The largest absolute Gasteiger partial charge is 0.494 e. The van der Waals surface area contributed by atoms with E-state index in [9.17, 15) is 9.59 Å². The third kappa shape index (κ3) is 7.76. The fraction of sp³-hybridized carbons (Fsp3) is 0.240. The Hall–Kier alpha value is -3.65. The first-order chi connectivity index (χ1) is 16.0. The van der Waals surface area contributed by atoms with Crippen molar-refractivity contribution < 1.29 is 19.1 Å².